The number of anilines is 1. The number of hydrogen-bond donors (Lipinski definition) is 2. The topological polar surface area (TPSA) is 75.6 Å². The standard InChI is InChI=1S/C16H17IN4O/c17-21(19)16-12-6-2-1-5-11(12)9-20(10-22)14-8-4-3-7-13(14)15(16)18/h3-8,10H,1-2,9,18-19H2/b16-15-. The number of rotatable bonds is 2. The maximum atomic E-state index is 11.6. The van der Waals surface area contributed by atoms with Crippen LogP contribution in [-0.2, 0) is 4.79 Å². The van der Waals surface area contributed by atoms with Gasteiger partial charge in [-0.1, -0.05) is 30.4 Å². The van der Waals surface area contributed by atoms with E-state index in [9.17, 15) is 4.79 Å². The molecule has 4 N–H and O–H groups in total. The molecule has 3 rings (SSSR count). The molecule has 0 saturated carbocycles. The Morgan fingerprint density at radius 1 is 1.23 bits per heavy atom. The number of carbonyl (C=O) groups excluding carboxylic acids is 1. The number of nitrogens with zero attached hydrogens (tertiary/aromatic N) is 2. The van der Waals surface area contributed by atoms with Crippen molar-refractivity contribution in [2.45, 2.75) is 12.8 Å². The van der Waals surface area contributed by atoms with Gasteiger partial charge < -0.3 is 10.6 Å². The van der Waals surface area contributed by atoms with E-state index in [4.69, 9.17) is 11.6 Å². The van der Waals surface area contributed by atoms with Crippen molar-refractivity contribution >= 4 is 40.7 Å². The molecule has 0 bridgehead atoms. The van der Waals surface area contributed by atoms with Crippen molar-refractivity contribution in [1.82, 2.24) is 3.22 Å². The van der Waals surface area contributed by atoms with Gasteiger partial charge in [0.2, 0.25) is 6.41 Å². The third-order valence-corrected chi connectivity index (χ3v) is 4.43. The monoisotopic (exact) mass is 408 g/mol. The smallest absolute Gasteiger partial charge is 0.214 e. The van der Waals surface area contributed by atoms with Crippen LogP contribution in [0.1, 0.15) is 18.4 Å². The van der Waals surface area contributed by atoms with Crippen molar-refractivity contribution in [3.05, 3.63) is 58.8 Å². The molecule has 1 aromatic rings. The van der Waals surface area contributed by atoms with Crippen LogP contribution in [0.25, 0.3) is 5.70 Å². The Bertz CT molecular complexity index is 706. The van der Waals surface area contributed by atoms with E-state index in [2.05, 4.69) is 12.2 Å². The Morgan fingerprint density at radius 3 is 2.68 bits per heavy atom. The molecular weight excluding hydrogens is 391 g/mol. The lowest BCUT2D eigenvalue weighted by molar-refractivity contribution is -0.107. The van der Waals surface area contributed by atoms with Crippen LogP contribution in [0.15, 0.2) is 53.3 Å². The summed E-state index contributed by atoms with van der Waals surface area (Å²) in [4.78, 5) is 13.3. The highest BCUT2D eigenvalue weighted by atomic mass is 127. The van der Waals surface area contributed by atoms with Gasteiger partial charge in [0.25, 0.3) is 0 Å². The number of halogens is 1. The van der Waals surface area contributed by atoms with Crippen molar-refractivity contribution in [3.8, 4) is 0 Å². The molecule has 1 aliphatic heterocycles. The first-order valence-corrected chi connectivity index (χ1v) is 8.01. The van der Waals surface area contributed by atoms with Gasteiger partial charge in [-0.15, -0.1) is 0 Å². The molecule has 0 atom stereocenters. The molecule has 0 unspecified atom stereocenters. The Labute approximate surface area is 143 Å². The molecule has 1 heterocycles. The van der Waals surface area contributed by atoms with Crippen molar-refractivity contribution in [2.75, 3.05) is 11.4 Å². The Kier molecular flexibility index (Phi) is 4.21. The fraction of sp³-hybridized carbons (Fsp3) is 0.188. The summed E-state index contributed by atoms with van der Waals surface area (Å²) < 4.78 is 1.53. The van der Waals surface area contributed by atoms with Crippen LogP contribution in [0, 0.1) is 0 Å². The van der Waals surface area contributed by atoms with Crippen molar-refractivity contribution < 1.29 is 4.79 Å². The highest BCUT2D eigenvalue weighted by molar-refractivity contribution is 14.1. The lowest BCUT2D eigenvalue weighted by Crippen LogP contribution is -2.32. The Balaban J connectivity index is 2.30. The third kappa shape index (κ3) is 2.52. The molecule has 0 saturated heterocycles. The largest absolute Gasteiger partial charge is 0.396 e. The van der Waals surface area contributed by atoms with Gasteiger partial charge in [-0.2, -0.15) is 0 Å². The van der Waals surface area contributed by atoms with E-state index in [1.807, 2.05) is 47.1 Å². The van der Waals surface area contributed by atoms with Gasteiger partial charge in [0.1, 0.15) is 0 Å². The highest BCUT2D eigenvalue weighted by Gasteiger charge is 2.26. The maximum absolute atomic E-state index is 11.6. The molecule has 5 nitrogen and oxygen atoms in total. The van der Waals surface area contributed by atoms with Crippen LogP contribution in [0.4, 0.5) is 5.69 Å². The van der Waals surface area contributed by atoms with Crippen molar-refractivity contribution in [3.63, 3.8) is 0 Å². The molecule has 1 aromatic carbocycles. The van der Waals surface area contributed by atoms with E-state index in [1.165, 1.54) is 3.22 Å². The number of para-hydroxylation sites is 1. The molecule has 1 aliphatic carbocycles. The number of amides is 1. The molecule has 2 aliphatic rings. The quantitative estimate of drug-likeness (QED) is 0.259. The highest BCUT2D eigenvalue weighted by Crippen LogP contribution is 2.37. The van der Waals surface area contributed by atoms with Crippen LogP contribution in [-0.4, -0.2) is 16.2 Å². The summed E-state index contributed by atoms with van der Waals surface area (Å²) in [6, 6.07) is 7.63. The number of benzene rings is 1. The number of carbonyl (C=O) groups is 1. The molecule has 6 heteroatoms. The minimum absolute atomic E-state index is 0.521. The molecule has 0 fully saturated rings. The first kappa shape index (κ1) is 15.1. The fourth-order valence-electron chi connectivity index (χ4n) is 2.94. The predicted octanol–water partition coefficient (Wildman–Crippen LogP) is 2.46. The lowest BCUT2D eigenvalue weighted by atomic mass is 9.90. The second-order valence-corrected chi connectivity index (χ2v) is 6.29. The molecule has 22 heavy (non-hydrogen) atoms. The van der Waals surface area contributed by atoms with Gasteiger partial charge >= 0.3 is 0 Å². The van der Waals surface area contributed by atoms with E-state index < -0.39 is 0 Å². The zero-order valence-electron chi connectivity index (χ0n) is 12.0. The zero-order valence-corrected chi connectivity index (χ0v) is 14.2. The minimum atomic E-state index is 0.521. The predicted molar refractivity (Wildman–Crippen MR) is 96.4 cm³/mol. The number of allylic oxidation sites excluding steroid dienone is 3. The van der Waals surface area contributed by atoms with Crippen LogP contribution in [0.2, 0.25) is 0 Å². The van der Waals surface area contributed by atoms with E-state index >= 15 is 0 Å². The zero-order chi connectivity index (χ0) is 15.7. The van der Waals surface area contributed by atoms with Gasteiger partial charge in [-0.25, -0.2) is 9.06 Å². The number of hydrazine groups is 1. The first-order valence-electron chi connectivity index (χ1n) is 7.05. The van der Waals surface area contributed by atoms with Gasteiger partial charge in [0, 0.05) is 11.1 Å². The van der Waals surface area contributed by atoms with Crippen LogP contribution in [0.5, 0.6) is 0 Å². The summed E-state index contributed by atoms with van der Waals surface area (Å²) in [7, 11) is 0. The second-order valence-electron chi connectivity index (χ2n) is 5.25. The summed E-state index contributed by atoms with van der Waals surface area (Å²) >= 11 is 2.03. The van der Waals surface area contributed by atoms with Gasteiger partial charge in [0.05, 0.1) is 46.5 Å². The Hall–Kier alpha value is -1.80. The SMILES string of the molecule is N/C1=C(\N(N)I)C2=CCCC=C2CN(C=O)c2ccccc21. The maximum Gasteiger partial charge on any atom is 0.214 e. The minimum Gasteiger partial charge on any atom is -0.396 e. The van der Waals surface area contributed by atoms with E-state index in [0.717, 1.165) is 47.3 Å². The van der Waals surface area contributed by atoms with Gasteiger partial charge in [0.15, 0.2) is 0 Å². The number of fused-ring (bicyclic) bond motifs is 2. The summed E-state index contributed by atoms with van der Waals surface area (Å²) in [6.45, 7) is 0.521. The summed E-state index contributed by atoms with van der Waals surface area (Å²) in [5, 5.41) is 0. The van der Waals surface area contributed by atoms with Crippen molar-refractivity contribution in [1.29, 1.82) is 0 Å². The summed E-state index contributed by atoms with van der Waals surface area (Å²) in [5.74, 6) is 6.04. The fourth-order valence-corrected chi connectivity index (χ4v) is 3.46. The molecule has 0 aromatic heterocycles. The van der Waals surface area contributed by atoms with Gasteiger partial charge in [-0.3, -0.25) is 4.79 Å². The third-order valence-electron chi connectivity index (χ3n) is 3.95. The average Bonchev–Trinajstić information content (AvgIpc) is 2.52. The second kappa shape index (κ2) is 6.13. The van der Waals surface area contributed by atoms with Crippen molar-refractivity contribution in [2.24, 2.45) is 11.6 Å². The molecule has 0 spiro atoms. The van der Waals surface area contributed by atoms with E-state index in [1.54, 1.807) is 4.90 Å². The summed E-state index contributed by atoms with van der Waals surface area (Å²) in [6.07, 6.45) is 7.07. The van der Waals surface area contributed by atoms with E-state index in [-0.39, 0.29) is 0 Å². The van der Waals surface area contributed by atoms with Crippen LogP contribution in [0.3, 0.4) is 0 Å². The molecule has 0 radical (unpaired) electrons. The number of hydrogen-bond acceptors (Lipinski definition) is 4. The first-order chi connectivity index (χ1) is 10.6. The Morgan fingerprint density at radius 2 is 1.95 bits per heavy atom. The normalized spacial score (nSPS) is 20.9. The number of nitrogens with two attached hydrogens (primary N) is 2. The molecular formula is C16H17IN4O. The molecule has 1 amide bonds. The average molecular weight is 408 g/mol. The summed E-state index contributed by atoms with van der Waals surface area (Å²) in [5.41, 5.74) is 11.5. The van der Waals surface area contributed by atoms with Crippen LogP contribution < -0.4 is 16.5 Å². The lowest BCUT2D eigenvalue weighted by Gasteiger charge is -2.31. The molecule has 114 valence electrons. The van der Waals surface area contributed by atoms with Gasteiger partial charge in [-0.05, 0) is 24.5 Å². The van der Waals surface area contributed by atoms with Crippen LogP contribution >= 0.6 is 22.9 Å². The van der Waals surface area contributed by atoms with E-state index in [0.29, 0.717) is 12.2 Å².